The van der Waals surface area contributed by atoms with Crippen LogP contribution in [0.25, 0.3) is 0 Å². The third kappa shape index (κ3) is 5.28. The van der Waals surface area contributed by atoms with E-state index < -0.39 is 0 Å². The van der Waals surface area contributed by atoms with Crippen molar-refractivity contribution in [3.8, 4) is 0 Å². The van der Waals surface area contributed by atoms with Crippen molar-refractivity contribution in [1.29, 1.82) is 0 Å². The molecule has 0 spiro atoms. The maximum atomic E-state index is 3.83. The molecular weight excluding hydrogens is 110 g/mol. The summed E-state index contributed by atoms with van der Waals surface area (Å²) in [5.41, 5.74) is 0. The Balaban J connectivity index is 3.43. The van der Waals surface area contributed by atoms with Gasteiger partial charge in [-0.3, -0.25) is 4.99 Å². The lowest BCUT2D eigenvalue weighted by atomic mass is 10.1. The first-order chi connectivity index (χ1) is 4.31. The summed E-state index contributed by atoms with van der Waals surface area (Å²) >= 11 is 0. The van der Waals surface area contributed by atoms with Gasteiger partial charge >= 0.3 is 0 Å². The summed E-state index contributed by atoms with van der Waals surface area (Å²) in [5.74, 6) is 0.683. The molecule has 9 heavy (non-hydrogen) atoms. The van der Waals surface area contributed by atoms with Crippen LogP contribution in [0.15, 0.2) is 17.1 Å². The first-order valence-corrected chi connectivity index (χ1v) is 3.40. The highest BCUT2D eigenvalue weighted by Gasteiger charge is 1.86. The molecule has 0 saturated carbocycles. The Morgan fingerprint density at radius 1 is 1.56 bits per heavy atom. The van der Waals surface area contributed by atoms with Crippen LogP contribution < -0.4 is 0 Å². The van der Waals surface area contributed by atoms with E-state index in [2.05, 4.69) is 24.9 Å². The van der Waals surface area contributed by atoms with Gasteiger partial charge in [-0.25, -0.2) is 0 Å². The molecule has 0 rings (SSSR count). The van der Waals surface area contributed by atoms with E-state index in [0.717, 1.165) is 0 Å². The average molecular weight is 125 g/mol. The first kappa shape index (κ1) is 8.41. The molecule has 0 aromatic carbocycles. The molecular formula is C8H15N. The van der Waals surface area contributed by atoms with Gasteiger partial charge in [0.2, 0.25) is 0 Å². The van der Waals surface area contributed by atoms with Crippen molar-refractivity contribution in [3.63, 3.8) is 0 Å². The number of hydrogen-bond acceptors (Lipinski definition) is 1. The predicted octanol–water partition coefficient (Wildman–Crippen LogP) is 2.29. The second kappa shape index (κ2) is 5.54. The van der Waals surface area contributed by atoms with Crippen LogP contribution in [0, 0.1) is 5.92 Å². The summed E-state index contributed by atoms with van der Waals surface area (Å²) in [6, 6.07) is 0. The number of hydrogen-bond donors (Lipinski definition) is 0. The molecule has 0 N–H and O–H groups in total. The summed E-state index contributed by atoms with van der Waals surface area (Å²) in [7, 11) is 1.78. The predicted molar refractivity (Wildman–Crippen MR) is 43.0 cm³/mol. The van der Waals surface area contributed by atoms with Gasteiger partial charge in [-0.05, 0) is 12.0 Å². The summed E-state index contributed by atoms with van der Waals surface area (Å²) < 4.78 is 0. The monoisotopic (exact) mass is 125 g/mol. The molecule has 0 fully saturated rings. The molecule has 0 unspecified atom stereocenters. The molecule has 0 aliphatic rings. The lowest BCUT2D eigenvalue weighted by Crippen LogP contribution is -1.83. The topological polar surface area (TPSA) is 12.4 Å². The smallest absolute Gasteiger partial charge is 0.0277 e. The van der Waals surface area contributed by atoms with Gasteiger partial charge in [0, 0.05) is 13.3 Å². The van der Waals surface area contributed by atoms with Crippen LogP contribution in [0.5, 0.6) is 0 Å². The van der Waals surface area contributed by atoms with E-state index in [4.69, 9.17) is 0 Å². The molecule has 0 bridgehead atoms. The van der Waals surface area contributed by atoms with Gasteiger partial charge in [0.15, 0.2) is 0 Å². The fourth-order valence-corrected chi connectivity index (χ4v) is 0.462. The van der Waals surface area contributed by atoms with Gasteiger partial charge < -0.3 is 0 Å². The first-order valence-electron chi connectivity index (χ1n) is 3.40. The van der Waals surface area contributed by atoms with Gasteiger partial charge in [0.25, 0.3) is 0 Å². The van der Waals surface area contributed by atoms with Crippen molar-refractivity contribution in [2.75, 3.05) is 7.05 Å². The zero-order valence-corrected chi connectivity index (χ0v) is 6.46. The molecule has 0 aliphatic carbocycles. The molecule has 1 heteroatoms. The minimum atomic E-state index is 0.683. The third-order valence-corrected chi connectivity index (χ3v) is 1.32. The minimum Gasteiger partial charge on any atom is -0.297 e. The van der Waals surface area contributed by atoms with E-state index in [1.54, 1.807) is 7.05 Å². The Labute approximate surface area is 57.5 Å². The molecule has 0 heterocycles. The Hall–Kier alpha value is -0.590. The van der Waals surface area contributed by atoms with Crippen molar-refractivity contribution in [2.24, 2.45) is 10.9 Å². The Morgan fingerprint density at radius 2 is 2.22 bits per heavy atom. The second-order valence-corrected chi connectivity index (χ2v) is 2.18. The van der Waals surface area contributed by atoms with E-state index in [1.807, 2.05) is 12.3 Å². The minimum absolute atomic E-state index is 0.683. The zero-order chi connectivity index (χ0) is 7.11. The maximum Gasteiger partial charge on any atom is 0.0277 e. The van der Waals surface area contributed by atoms with Crippen LogP contribution in [0.4, 0.5) is 0 Å². The van der Waals surface area contributed by atoms with Gasteiger partial charge in [0.1, 0.15) is 0 Å². The Bertz CT molecular complexity index is 103. The van der Waals surface area contributed by atoms with Crippen LogP contribution in [0.1, 0.15) is 20.3 Å². The quantitative estimate of drug-likeness (QED) is 0.513. The largest absolute Gasteiger partial charge is 0.297 e. The SMILES string of the molecule is CC[C@@H](C)/C=C\C=NC. The van der Waals surface area contributed by atoms with E-state index in [0.29, 0.717) is 5.92 Å². The molecule has 1 nitrogen and oxygen atoms in total. The van der Waals surface area contributed by atoms with Crippen LogP contribution >= 0.6 is 0 Å². The van der Waals surface area contributed by atoms with Crippen molar-refractivity contribution >= 4 is 6.21 Å². The van der Waals surface area contributed by atoms with E-state index >= 15 is 0 Å². The third-order valence-electron chi connectivity index (χ3n) is 1.32. The zero-order valence-electron chi connectivity index (χ0n) is 6.46. The average Bonchev–Trinajstić information content (AvgIpc) is 1.89. The van der Waals surface area contributed by atoms with Crippen molar-refractivity contribution in [2.45, 2.75) is 20.3 Å². The van der Waals surface area contributed by atoms with E-state index in [-0.39, 0.29) is 0 Å². The Kier molecular flexibility index (Phi) is 5.18. The highest BCUT2D eigenvalue weighted by molar-refractivity contribution is 5.70. The van der Waals surface area contributed by atoms with Crippen LogP contribution in [-0.4, -0.2) is 13.3 Å². The maximum absolute atomic E-state index is 3.83. The number of aliphatic imine (C=N–C) groups is 1. The highest BCUT2D eigenvalue weighted by Crippen LogP contribution is 2.00. The van der Waals surface area contributed by atoms with Gasteiger partial charge in [-0.15, -0.1) is 0 Å². The normalized spacial score (nSPS) is 15.4. The fourth-order valence-electron chi connectivity index (χ4n) is 0.462. The van der Waals surface area contributed by atoms with Gasteiger partial charge in [0.05, 0.1) is 0 Å². The highest BCUT2D eigenvalue weighted by atomic mass is 14.6. The lowest BCUT2D eigenvalue weighted by Gasteiger charge is -1.95. The van der Waals surface area contributed by atoms with Crippen LogP contribution in [0.3, 0.4) is 0 Å². The molecule has 0 radical (unpaired) electrons. The molecule has 0 saturated heterocycles. The second-order valence-electron chi connectivity index (χ2n) is 2.18. The van der Waals surface area contributed by atoms with E-state index in [1.165, 1.54) is 6.42 Å². The Morgan fingerprint density at radius 3 is 2.67 bits per heavy atom. The summed E-state index contributed by atoms with van der Waals surface area (Å²) in [5, 5.41) is 0. The van der Waals surface area contributed by atoms with Crippen molar-refractivity contribution in [1.82, 2.24) is 0 Å². The van der Waals surface area contributed by atoms with Crippen LogP contribution in [0.2, 0.25) is 0 Å². The standard InChI is InChI=1S/C8H15N/c1-4-8(2)6-5-7-9-3/h5-8H,4H2,1-3H3/b6-5-,9-7?/t8-/m1/s1. The molecule has 52 valence electrons. The molecule has 1 atom stereocenters. The summed E-state index contributed by atoms with van der Waals surface area (Å²) in [4.78, 5) is 3.83. The molecule has 0 aromatic heterocycles. The van der Waals surface area contributed by atoms with Gasteiger partial charge in [-0.2, -0.15) is 0 Å². The fraction of sp³-hybridized carbons (Fsp3) is 0.625. The number of nitrogens with zero attached hydrogens (tertiary/aromatic N) is 1. The lowest BCUT2D eigenvalue weighted by molar-refractivity contribution is 0.699. The molecule has 0 amide bonds. The van der Waals surface area contributed by atoms with Gasteiger partial charge in [-0.1, -0.05) is 26.3 Å². The number of rotatable bonds is 3. The van der Waals surface area contributed by atoms with Crippen molar-refractivity contribution < 1.29 is 0 Å². The summed E-state index contributed by atoms with van der Waals surface area (Å²) in [6.45, 7) is 4.37. The number of allylic oxidation sites excluding steroid dienone is 2. The van der Waals surface area contributed by atoms with Crippen molar-refractivity contribution in [3.05, 3.63) is 12.2 Å². The summed E-state index contributed by atoms with van der Waals surface area (Å²) in [6.07, 6.45) is 7.17. The van der Waals surface area contributed by atoms with Crippen LogP contribution in [-0.2, 0) is 0 Å². The molecule has 0 aliphatic heterocycles. The van der Waals surface area contributed by atoms with E-state index in [9.17, 15) is 0 Å². The molecule has 0 aromatic rings.